The summed E-state index contributed by atoms with van der Waals surface area (Å²) in [6, 6.07) is 4.57. The molecule has 0 radical (unpaired) electrons. The van der Waals surface area contributed by atoms with Crippen LogP contribution in [0.3, 0.4) is 0 Å². The van der Waals surface area contributed by atoms with Crippen LogP contribution >= 0.6 is 11.3 Å². The van der Waals surface area contributed by atoms with Crippen molar-refractivity contribution in [3.63, 3.8) is 0 Å². The molecule has 2 saturated heterocycles. The molecule has 0 aliphatic carbocycles. The van der Waals surface area contributed by atoms with E-state index in [2.05, 4.69) is 0 Å². The second-order valence-corrected chi connectivity index (χ2v) is 8.26. The monoisotopic (exact) mass is 374 g/mol. The summed E-state index contributed by atoms with van der Waals surface area (Å²) in [5.74, 6) is -0.334. The molecule has 1 aromatic heterocycles. The van der Waals surface area contributed by atoms with E-state index >= 15 is 0 Å². The number of carbonyl (C=O) groups is 2. The van der Waals surface area contributed by atoms with Crippen molar-refractivity contribution in [3.05, 3.63) is 34.5 Å². The maximum absolute atomic E-state index is 14.2. The Morgan fingerprint density at radius 3 is 2.58 bits per heavy atom. The van der Waals surface area contributed by atoms with Gasteiger partial charge in [0, 0.05) is 29.7 Å². The van der Waals surface area contributed by atoms with E-state index in [0.29, 0.717) is 22.4 Å². The second kappa shape index (κ2) is 6.99. The summed E-state index contributed by atoms with van der Waals surface area (Å²) < 4.78 is 15.0. The SMILES string of the molecule is Cc1c(C(=O)N2CCCCC2C(=O)N2CCCC2)sc2cccc(F)c12. The lowest BCUT2D eigenvalue weighted by Gasteiger charge is -2.36. The highest BCUT2D eigenvalue weighted by Crippen LogP contribution is 2.34. The minimum Gasteiger partial charge on any atom is -0.341 e. The molecular weight excluding hydrogens is 351 g/mol. The van der Waals surface area contributed by atoms with E-state index < -0.39 is 0 Å². The summed E-state index contributed by atoms with van der Waals surface area (Å²) in [4.78, 5) is 30.4. The molecule has 4 rings (SSSR count). The van der Waals surface area contributed by atoms with Crippen molar-refractivity contribution in [1.29, 1.82) is 0 Å². The first-order valence-corrected chi connectivity index (χ1v) is 10.2. The number of benzene rings is 1. The van der Waals surface area contributed by atoms with Gasteiger partial charge in [0.2, 0.25) is 5.91 Å². The molecule has 3 heterocycles. The molecular formula is C20H23FN2O2S. The molecule has 0 bridgehead atoms. The molecule has 1 unspecified atom stereocenters. The summed E-state index contributed by atoms with van der Waals surface area (Å²) in [7, 11) is 0. The van der Waals surface area contributed by atoms with Crippen molar-refractivity contribution in [1.82, 2.24) is 9.80 Å². The Bertz CT molecular complexity index is 857. The minimum absolute atomic E-state index is 0.0838. The van der Waals surface area contributed by atoms with Crippen molar-refractivity contribution >= 4 is 33.2 Å². The number of thiophene rings is 1. The molecule has 2 aliphatic heterocycles. The highest BCUT2D eigenvalue weighted by molar-refractivity contribution is 7.21. The van der Waals surface area contributed by atoms with E-state index in [9.17, 15) is 14.0 Å². The van der Waals surface area contributed by atoms with Crippen LogP contribution in [0.1, 0.15) is 47.3 Å². The van der Waals surface area contributed by atoms with E-state index in [1.54, 1.807) is 17.9 Å². The average molecular weight is 374 g/mol. The number of rotatable bonds is 2. The molecule has 138 valence electrons. The van der Waals surface area contributed by atoms with Crippen LogP contribution in [0, 0.1) is 12.7 Å². The molecule has 2 aliphatic rings. The first-order chi connectivity index (χ1) is 12.6. The number of likely N-dealkylation sites (tertiary alicyclic amines) is 2. The van der Waals surface area contributed by atoms with Gasteiger partial charge in [-0.2, -0.15) is 0 Å². The van der Waals surface area contributed by atoms with Crippen LogP contribution in [-0.4, -0.2) is 47.3 Å². The second-order valence-electron chi connectivity index (χ2n) is 7.21. The predicted molar refractivity (Wildman–Crippen MR) is 101 cm³/mol. The average Bonchev–Trinajstić information content (AvgIpc) is 3.30. The number of aryl methyl sites for hydroxylation is 1. The third kappa shape index (κ3) is 2.90. The third-order valence-electron chi connectivity index (χ3n) is 5.56. The number of hydrogen-bond donors (Lipinski definition) is 0. The Hall–Kier alpha value is -1.95. The fraction of sp³-hybridized carbons (Fsp3) is 0.500. The van der Waals surface area contributed by atoms with Gasteiger partial charge >= 0.3 is 0 Å². The summed E-state index contributed by atoms with van der Waals surface area (Å²) in [6.45, 7) is 3.99. The number of amides is 2. The van der Waals surface area contributed by atoms with Crippen molar-refractivity contribution in [3.8, 4) is 0 Å². The molecule has 0 N–H and O–H groups in total. The zero-order chi connectivity index (χ0) is 18.3. The van der Waals surface area contributed by atoms with Crippen molar-refractivity contribution in [2.45, 2.75) is 45.1 Å². The van der Waals surface area contributed by atoms with Crippen LogP contribution in [0.5, 0.6) is 0 Å². The van der Waals surface area contributed by atoms with Crippen LogP contribution in [-0.2, 0) is 4.79 Å². The maximum Gasteiger partial charge on any atom is 0.264 e. The highest BCUT2D eigenvalue weighted by atomic mass is 32.1. The quantitative estimate of drug-likeness (QED) is 0.798. The lowest BCUT2D eigenvalue weighted by Crippen LogP contribution is -2.52. The van der Waals surface area contributed by atoms with Crippen LogP contribution in [0.4, 0.5) is 4.39 Å². The Balaban J connectivity index is 1.66. The van der Waals surface area contributed by atoms with E-state index in [-0.39, 0.29) is 23.7 Å². The Morgan fingerprint density at radius 1 is 1.12 bits per heavy atom. The predicted octanol–water partition coefficient (Wildman–Crippen LogP) is 3.97. The van der Waals surface area contributed by atoms with Gasteiger partial charge in [0.05, 0.1) is 4.88 Å². The Labute approximate surface area is 156 Å². The number of piperidine rings is 1. The summed E-state index contributed by atoms with van der Waals surface area (Å²) in [5.41, 5.74) is 0.686. The van der Waals surface area contributed by atoms with Gasteiger partial charge in [-0.1, -0.05) is 6.07 Å². The Kier molecular flexibility index (Phi) is 4.69. The fourth-order valence-electron chi connectivity index (χ4n) is 4.17. The molecule has 0 spiro atoms. The largest absolute Gasteiger partial charge is 0.341 e. The van der Waals surface area contributed by atoms with Gasteiger partial charge in [0.15, 0.2) is 0 Å². The molecule has 1 atom stereocenters. The van der Waals surface area contributed by atoms with E-state index in [4.69, 9.17) is 0 Å². The van der Waals surface area contributed by atoms with Gasteiger partial charge in [-0.05, 0) is 56.7 Å². The van der Waals surface area contributed by atoms with Crippen molar-refractivity contribution < 1.29 is 14.0 Å². The topological polar surface area (TPSA) is 40.6 Å². The van der Waals surface area contributed by atoms with Gasteiger partial charge < -0.3 is 9.80 Å². The van der Waals surface area contributed by atoms with E-state index in [1.165, 1.54) is 17.4 Å². The first-order valence-electron chi connectivity index (χ1n) is 9.35. The smallest absolute Gasteiger partial charge is 0.264 e. The van der Waals surface area contributed by atoms with E-state index in [1.807, 2.05) is 11.0 Å². The molecule has 2 fully saturated rings. The molecule has 0 saturated carbocycles. The summed E-state index contributed by atoms with van der Waals surface area (Å²) in [5, 5.41) is 0.528. The van der Waals surface area contributed by atoms with Crippen molar-refractivity contribution in [2.24, 2.45) is 0 Å². The van der Waals surface area contributed by atoms with Crippen LogP contribution in [0.2, 0.25) is 0 Å². The van der Waals surface area contributed by atoms with Gasteiger partial charge in [0.25, 0.3) is 5.91 Å². The molecule has 26 heavy (non-hydrogen) atoms. The third-order valence-corrected chi connectivity index (χ3v) is 6.81. The lowest BCUT2D eigenvalue weighted by molar-refractivity contribution is -0.136. The van der Waals surface area contributed by atoms with E-state index in [0.717, 1.165) is 49.9 Å². The highest BCUT2D eigenvalue weighted by Gasteiger charge is 2.37. The fourth-order valence-corrected chi connectivity index (χ4v) is 5.35. The minimum atomic E-state index is -0.371. The van der Waals surface area contributed by atoms with Gasteiger partial charge in [-0.25, -0.2) is 4.39 Å². The maximum atomic E-state index is 14.2. The Morgan fingerprint density at radius 2 is 1.85 bits per heavy atom. The number of hydrogen-bond acceptors (Lipinski definition) is 3. The number of halogens is 1. The van der Waals surface area contributed by atoms with Gasteiger partial charge in [0.1, 0.15) is 11.9 Å². The first kappa shape index (κ1) is 17.5. The molecule has 2 aromatic rings. The lowest BCUT2D eigenvalue weighted by atomic mass is 10.00. The normalized spacial score (nSPS) is 20.8. The van der Waals surface area contributed by atoms with Gasteiger partial charge in [-0.3, -0.25) is 9.59 Å². The van der Waals surface area contributed by atoms with Crippen LogP contribution in [0.15, 0.2) is 18.2 Å². The zero-order valence-electron chi connectivity index (χ0n) is 15.0. The number of nitrogens with zero attached hydrogens (tertiary/aromatic N) is 2. The molecule has 6 heteroatoms. The van der Waals surface area contributed by atoms with Crippen molar-refractivity contribution in [2.75, 3.05) is 19.6 Å². The molecule has 2 amide bonds. The van der Waals surface area contributed by atoms with Crippen LogP contribution in [0.25, 0.3) is 10.1 Å². The van der Waals surface area contributed by atoms with Gasteiger partial charge in [-0.15, -0.1) is 11.3 Å². The number of fused-ring (bicyclic) bond motifs is 1. The molecule has 4 nitrogen and oxygen atoms in total. The summed E-state index contributed by atoms with van der Waals surface area (Å²) >= 11 is 1.33. The summed E-state index contributed by atoms with van der Waals surface area (Å²) in [6.07, 6.45) is 4.68. The zero-order valence-corrected chi connectivity index (χ0v) is 15.8. The van der Waals surface area contributed by atoms with Crippen LogP contribution < -0.4 is 0 Å². The molecule has 1 aromatic carbocycles. The number of carbonyl (C=O) groups excluding carboxylic acids is 2. The standard InChI is InChI=1S/C20H23FN2O2S/c1-13-17-14(21)7-6-9-16(17)26-18(13)20(25)23-12-3-2-8-15(23)19(24)22-10-4-5-11-22/h6-7,9,15H,2-5,8,10-12H2,1H3.